The predicted molar refractivity (Wildman–Crippen MR) is 42.9 cm³/mol. The van der Waals surface area contributed by atoms with Crippen LogP contribution >= 0.6 is 0 Å². The van der Waals surface area contributed by atoms with E-state index >= 15 is 0 Å². The Labute approximate surface area is 63.0 Å². The topological polar surface area (TPSA) is 12.0 Å². The molecule has 0 radical (unpaired) electrons. The molecule has 2 heteroatoms. The van der Waals surface area contributed by atoms with Gasteiger partial charge in [0.2, 0.25) is 0 Å². The van der Waals surface area contributed by atoms with E-state index in [0.717, 1.165) is 6.42 Å². The van der Waals surface area contributed by atoms with Crippen LogP contribution in [0.3, 0.4) is 0 Å². The molecule has 1 N–H and O–H groups in total. The summed E-state index contributed by atoms with van der Waals surface area (Å²) in [6.45, 7) is 6.66. The van der Waals surface area contributed by atoms with Crippen molar-refractivity contribution < 1.29 is 4.39 Å². The lowest BCUT2D eigenvalue weighted by atomic mass is 10.0. The van der Waals surface area contributed by atoms with Gasteiger partial charge in [-0.05, 0) is 12.3 Å². The number of hydrogen-bond acceptors (Lipinski definition) is 1. The molecule has 0 spiro atoms. The molecular weight excluding hydrogens is 129 g/mol. The predicted octanol–water partition coefficient (Wildman–Crippen LogP) is 1.98. The van der Waals surface area contributed by atoms with E-state index in [1.54, 1.807) is 0 Å². The van der Waals surface area contributed by atoms with Crippen LogP contribution < -0.4 is 5.32 Å². The van der Waals surface area contributed by atoms with Gasteiger partial charge in [-0.1, -0.05) is 20.8 Å². The average molecular weight is 147 g/mol. The van der Waals surface area contributed by atoms with Gasteiger partial charge in [0.25, 0.3) is 0 Å². The van der Waals surface area contributed by atoms with Crippen LogP contribution in [0.5, 0.6) is 0 Å². The van der Waals surface area contributed by atoms with Crippen LogP contribution in [-0.2, 0) is 0 Å². The van der Waals surface area contributed by atoms with Crippen molar-refractivity contribution >= 4 is 0 Å². The Balaban J connectivity index is 3.40. The lowest BCUT2D eigenvalue weighted by Crippen LogP contribution is -2.34. The summed E-state index contributed by atoms with van der Waals surface area (Å²) < 4.78 is 11.7. The van der Waals surface area contributed by atoms with Gasteiger partial charge in [0, 0.05) is 12.6 Å². The van der Waals surface area contributed by atoms with Crippen LogP contribution in [0, 0.1) is 5.92 Å². The minimum absolute atomic E-state index is 0.261. The molecule has 0 amide bonds. The monoisotopic (exact) mass is 147 g/mol. The minimum atomic E-state index is -0.261. The molecule has 0 aromatic heterocycles. The number of rotatable bonds is 5. The summed E-state index contributed by atoms with van der Waals surface area (Å²) in [5.41, 5.74) is 0. The number of hydrogen-bond donors (Lipinski definition) is 1. The van der Waals surface area contributed by atoms with Crippen LogP contribution in [-0.4, -0.2) is 19.3 Å². The normalized spacial score (nSPS) is 14.1. The summed E-state index contributed by atoms with van der Waals surface area (Å²) in [6, 6.07) is 0.482. The molecule has 0 aromatic carbocycles. The summed E-state index contributed by atoms with van der Waals surface area (Å²) in [5, 5.41) is 3.14. The highest BCUT2D eigenvalue weighted by Crippen LogP contribution is 2.04. The Morgan fingerprint density at radius 2 is 2.00 bits per heavy atom. The molecule has 1 atom stereocenters. The first kappa shape index (κ1) is 9.89. The summed E-state index contributed by atoms with van der Waals surface area (Å²) >= 11 is 0. The van der Waals surface area contributed by atoms with Crippen LogP contribution in [0.25, 0.3) is 0 Å². The maximum atomic E-state index is 11.7. The molecule has 1 unspecified atom stereocenters. The van der Waals surface area contributed by atoms with Crippen molar-refractivity contribution in [3.8, 4) is 0 Å². The Kier molecular flexibility index (Phi) is 5.60. The van der Waals surface area contributed by atoms with E-state index < -0.39 is 0 Å². The molecule has 0 aliphatic heterocycles. The maximum Gasteiger partial charge on any atom is 0.102 e. The highest BCUT2D eigenvalue weighted by Gasteiger charge is 2.08. The smallest absolute Gasteiger partial charge is 0.102 e. The van der Waals surface area contributed by atoms with Gasteiger partial charge >= 0.3 is 0 Å². The van der Waals surface area contributed by atoms with E-state index in [9.17, 15) is 4.39 Å². The van der Waals surface area contributed by atoms with E-state index in [1.807, 2.05) is 0 Å². The van der Waals surface area contributed by atoms with Crippen molar-refractivity contribution in [1.82, 2.24) is 5.32 Å². The van der Waals surface area contributed by atoms with E-state index in [4.69, 9.17) is 0 Å². The molecule has 10 heavy (non-hydrogen) atoms. The third-order valence-electron chi connectivity index (χ3n) is 1.75. The minimum Gasteiger partial charge on any atom is -0.311 e. The zero-order chi connectivity index (χ0) is 7.98. The Bertz CT molecular complexity index is 73.7. The van der Waals surface area contributed by atoms with Crippen molar-refractivity contribution in [2.75, 3.05) is 13.2 Å². The summed E-state index contributed by atoms with van der Waals surface area (Å²) in [7, 11) is 0. The van der Waals surface area contributed by atoms with Gasteiger partial charge in [-0.25, -0.2) is 4.39 Å². The highest BCUT2D eigenvalue weighted by molar-refractivity contribution is 4.67. The van der Waals surface area contributed by atoms with Gasteiger partial charge < -0.3 is 5.32 Å². The second-order valence-electron chi connectivity index (χ2n) is 2.90. The Hall–Kier alpha value is -0.110. The number of nitrogens with one attached hydrogen (secondary N) is 1. The first-order chi connectivity index (χ1) is 4.72. The molecule has 0 aromatic rings. The van der Waals surface area contributed by atoms with Crippen molar-refractivity contribution in [3.63, 3.8) is 0 Å². The van der Waals surface area contributed by atoms with E-state index in [1.165, 1.54) is 0 Å². The van der Waals surface area contributed by atoms with E-state index in [0.29, 0.717) is 18.5 Å². The van der Waals surface area contributed by atoms with Crippen molar-refractivity contribution in [1.29, 1.82) is 0 Å². The van der Waals surface area contributed by atoms with Gasteiger partial charge in [0.05, 0.1) is 0 Å². The Morgan fingerprint density at radius 1 is 1.40 bits per heavy atom. The van der Waals surface area contributed by atoms with E-state index in [2.05, 4.69) is 26.1 Å². The van der Waals surface area contributed by atoms with Gasteiger partial charge in [-0.3, -0.25) is 0 Å². The molecule has 62 valence electrons. The molecule has 0 fully saturated rings. The molecule has 0 saturated heterocycles. The van der Waals surface area contributed by atoms with E-state index in [-0.39, 0.29) is 6.67 Å². The average Bonchev–Trinajstić information content (AvgIpc) is 1.89. The molecule has 1 nitrogen and oxygen atoms in total. The highest BCUT2D eigenvalue weighted by atomic mass is 19.1. The summed E-state index contributed by atoms with van der Waals surface area (Å²) in [5.74, 6) is 0.608. The summed E-state index contributed by atoms with van der Waals surface area (Å²) in [6.07, 6.45) is 1.08. The molecule has 0 bridgehead atoms. The van der Waals surface area contributed by atoms with Crippen molar-refractivity contribution in [3.05, 3.63) is 0 Å². The number of alkyl halides is 1. The number of halogens is 1. The lowest BCUT2D eigenvalue weighted by Gasteiger charge is -2.19. The first-order valence-electron chi connectivity index (χ1n) is 4.01. The lowest BCUT2D eigenvalue weighted by molar-refractivity contribution is 0.362. The van der Waals surface area contributed by atoms with Gasteiger partial charge in [-0.15, -0.1) is 0 Å². The van der Waals surface area contributed by atoms with Crippen LogP contribution in [0.4, 0.5) is 4.39 Å². The summed E-state index contributed by atoms with van der Waals surface area (Å²) in [4.78, 5) is 0. The zero-order valence-corrected chi connectivity index (χ0v) is 7.15. The molecular formula is C8H18FN. The molecule has 0 saturated carbocycles. The quantitative estimate of drug-likeness (QED) is 0.627. The third kappa shape index (κ3) is 3.83. The second-order valence-corrected chi connectivity index (χ2v) is 2.90. The molecule has 0 aliphatic rings. The van der Waals surface area contributed by atoms with Gasteiger partial charge in [0.1, 0.15) is 6.67 Å². The second kappa shape index (κ2) is 5.66. The van der Waals surface area contributed by atoms with Crippen LogP contribution in [0.1, 0.15) is 27.2 Å². The fourth-order valence-corrected chi connectivity index (χ4v) is 1.09. The fraction of sp³-hybridized carbons (Fsp3) is 1.00. The van der Waals surface area contributed by atoms with Crippen LogP contribution in [0.2, 0.25) is 0 Å². The third-order valence-corrected chi connectivity index (χ3v) is 1.75. The zero-order valence-electron chi connectivity index (χ0n) is 7.15. The SMILES string of the molecule is CCC(NCCF)C(C)C. The largest absolute Gasteiger partial charge is 0.311 e. The van der Waals surface area contributed by atoms with Gasteiger partial charge in [0.15, 0.2) is 0 Å². The standard InChI is InChI=1S/C8H18FN/c1-4-8(7(2)3)10-6-5-9/h7-8,10H,4-6H2,1-3H3. The van der Waals surface area contributed by atoms with Crippen molar-refractivity contribution in [2.24, 2.45) is 5.92 Å². The molecule has 0 rings (SSSR count). The fourth-order valence-electron chi connectivity index (χ4n) is 1.09. The molecule has 0 aliphatic carbocycles. The Morgan fingerprint density at radius 3 is 2.30 bits per heavy atom. The van der Waals surface area contributed by atoms with Crippen LogP contribution in [0.15, 0.2) is 0 Å². The van der Waals surface area contributed by atoms with Crippen molar-refractivity contribution in [2.45, 2.75) is 33.2 Å². The maximum absolute atomic E-state index is 11.7. The molecule has 0 heterocycles. The van der Waals surface area contributed by atoms with Gasteiger partial charge in [-0.2, -0.15) is 0 Å². The first-order valence-corrected chi connectivity index (χ1v) is 4.01.